The van der Waals surface area contributed by atoms with E-state index in [-0.39, 0.29) is 18.4 Å². The van der Waals surface area contributed by atoms with E-state index in [1.54, 1.807) is 0 Å². The van der Waals surface area contributed by atoms with Crippen molar-refractivity contribution in [2.24, 2.45) is 0 Å². The highest BCUT2D eigenvalue weighted by atomic mass is 32.1. The van der Waals surface area contributed by atoms with Crippen LogP contribution in [0.15, 0.2) is 36.4 Å². The highest BCUT2D eigenvalue weighted by molar-refractivity contribution is 7.14. The van der Waals surface area contributed by atoms with Crippen molar-refractivity contribution in [2.45, 2.75) is 19.8 Å². The molecule has 0 radical (unpaired) electrons. The smallest absolute Gasteiger partial charge is 0.261 e. The summed E-state index contributed by atoms with van der Waals surface area (Å²) >= 11 is 1.50. The first-order valence-corrected chi connectivity index (χ1v) is 7.44. The second-order valence-electron chi connectivity index (χ2n) is 4.85. The first-order chi connectivity index (χ1) is 9.61. The van der Waals surface area contributed by atoms with Crippen molar-refractivity contribution in [3.05, 3.63) is 57.3 Å². The second-order valence-corrected chi connectivity index (χ2v) is 6.11. The molecule has 0 bridgehead atoms. The number of aliphatic hydroxyl groups excluding tert-OH is 1. The highest BCUT2D eigenvalue weighted by Crippen LogP contribution is 2.21. The molecule has 0 saturated heterocycles. The summed E-state index contributed by atoms with van der Waals surface area (Å²) in [6.07, 6.45) is 0. The van der Waals surface area contributed by atoms with Gasteiger partial charge in [-0.1, -0.05) is 30.3 Å². The molecule has 1 atom stereocenters. The summed E-state index contributed by atoms with van der Waals surface area (Å²) in [5.74, 6) is -0.136. The molecule has 0 unspecified atom stereocenters. The van der Waals surface area contributed by atoms with Crippen LogP contribution in [0.25, 0.3) is 0 Å². The van der Waals surface area contributed by atoms with Crippen LogP contribution in [-0.2, 0) is 0 Å². The van der Waals surface area contributed by atoms with Gasteiger partial charge < -0.3 is 10.4 Å². The Balaban J connectivity index is 1.98. The largest absolute Gasteiger partial charge is 0.396 e. The number of nitrogens with one attached hydrogen (secondary N) is 1. The van der Waals surface area contributed by atoms with Crippen molar-refractivity contribution in [3.8, 4) is 0 Å². The third-order valence-electron chi connectivity index (χ3n) is 3.39. The van der Waals surface area contributed by atoms with E-state index >= 15 is 0 Å². The van der Waals surface area contributed by atoms with Crippen LogP contribution in [0.1, 0.15) is 31.6 Å². The Morgan fingerprint density at radius 1 is 1.30 bits per heavy atom. The van der Waals surface area contributed by atoms with Gasteiger partial charge in [-0.15, -0.1) is 11.3 Å². The van der Waals surface area contributed by atoms with Crippen LogP contribution in [0.2, 0.25) is 0 Å². The molecule has 4 heteroatoms. The Morgan fingerprint density at radius 2 is 2.00 bits per heavy atom. The molecule has 1 aromatic carbocycles. The number of carbonyl (C=O) groups excluding carboxylic acids is 1. The van der Waals surface area contributed by atoms with Crippen molar-refractivity contribution in [1.82, 2.24) is 5.32 Å². The normalized spacial score (nSPS) is 12.2. The zero-order valence-electron chi connectivity index (χ0n) is 11.7. The standard InChI is InChI=1S/C16H19NO2S/c1-11-8-15(20-12(11)2)16(19)17-9-14(10-18)13-6-4-3-5-7-13/h3-8,14,18H,9-10H2,1-2H3,(H,17,19)/t14-/m1/s1. The number of thiophene rings is 1. The van der Waals surface area contributed by atoms with Gasteiger partial charge in [0.25, 0.3) is 5.91 Å². The fraction of sp³-hybridized carbons (Fsp3) is 0.312. The number of benzene rings is 1. The predicted octanol–water partition coefficient (Wildman–Crippen LogP) is 2.87. The molecule has 1 amide bonds. The summed E-state index contributed by atoms with van der Waals surface area (Å²) in [6.45, 7) is 4.47. The minimum atomic E-state index is -0.0689. The Hall–Kier alpha value is -1.65. The van der Waals surface area contributed by atoms with Crippen molar-refractivity contribution in [1.29, 1.82) is 0 Å². The molecular weight excluding hydrogens is 270 g/mol. The number of hydrogen-bond donors (Lipinski definition) is 2. The van der Waals surface area contributed by atoms with Crippen LogP contribution in [0.3, 0.4) is 0 Å². The topological polar surface area (TPSA) is 49.3 Å². The van der Waals surface area contributed by atoms with Crippen LogP contribution in [-0.4, -0.2) is 24.2 Å². The van der Waals surface area contributed by atoms with Gasteiger partial charge in [0.15, 0.2) is 0 Å². The lowest BCUT2D eigenvalue weighted by molar-refractivity contribution is 0.0951. The van der Waals surface area contributed by atoms with Gasteiger partial charge in [-0.3, -0.25) is 4.79 Å². The van der Waals surface area contributed by atoms with Crippen LogP contribution >= 0.6 is 11.3 Å². The SMILES string of the molecule is Cc1cc(C(=O)NC[C@H](CO)c2ccccc2)sc1C. The monoisotopic (exact) mass is 289 g/mol. The van der Waals surface area contributed by atoms with E-state index in [2.05, 4.69) is 5.32 Å². The Morgan fingerprint density at radius 3 is 2.55 bits per heavy atom. The predicted molar refractivity (Wildman–Crippen MR) is 82.4 cm³/mol. The van der Waals surface area contributed by atoms with Crippen LogP contribution in [0.4, 0.5) is 0 Å². The minimum Gasteiger partial charge on any atom is -0.396 e. The maximum absolute atomic E-state index is 12.1. The molecule has 1 heterocycles. The minimum absolute atomic E-state index is 0.0206. The average Bonchev–Trinajstić information content (AvgIpc) is 2.80. The molecule has 2 rings (SSSR count). The van der Waals surface area contributed by atoms with E-state index in [1.165, 1.54) is 11.3 Å². The molecule has 0 saturated carbocycles. The molecule has 0 aliphatic carbocycles. The maximum atomic E-state index is 12.1. The lowest BCUT2D eigenvalue weighted by atomic mass is 10.0. The second kappa shape index (κ2) is 6.68. The van der Waals surface area contributed by atoms with Gasteiger partial charge in [0, 0.05) is 17.3 Å². The van der Waals surface area contributed by atoms with Gasteiger partial charge >= 0.3 is 0 Å². The number of amides is 1. The molecule has 20 heavy (non-hydrogen) atoms. The summed E-state index contributed by atoms with van der Waals surface area (Å²) in [4.78, 5) is 14.0. The Kier molecular flexibility index (Phi) is 4.93. The summed E-state index contributed by atoms with van der Waals surface area (Å²) in [5, 5.41) is 12.4. The summed E-state index contributed by atoms with van der Waals surface area (Å²) in [5.41, 5.74) is 2.18. The Bertz CT molecular complexity index is 558. The average molecular weight is 289 g/mol. The fourth-order valence-corrected chi connectivity index (χ4v) is 2.95. The van der Waals surface area contributed by atoms with Gasteiger partial charge in [0.2, 0.25) is 0 Å². The van der Waals surface area contributed by atoms with Crippen molar-refractivity contribution < 1.29 is 9.90 Å². The van der Waals surface area contributed by atoms with Gasteiger partial charge in [0.1, 0.15) is 0 Å². The molecule has 1 aromatic heterocycles. The van der Waals surface area contributed by atoms with E-state index in [4.69, 9.17) is 0 Å². The third-order valence-corrected chi connectivity index (χ3v) is 4.54. The van der Waals surface area contributed by atoms with Gasteiger partial charge in [0.05, 0.1) is 11.5 Å². The summed E-state index contributed by atoms with van der Waals surface area (Å²) < 4.78 is 0. The lowest BCUT2D eigenvalue weighted by Gasteiger charge is -2.15. The van der Waals surface area contributed by atoms with E-state index in [1.807, 2.05) is 50.2 Å². The quantitative estimate of drug-likeness (QED) is 0.889. The van der Waals surface area contributed by atoms with Gasteiger partial charge in [-0.2, -0.15) is 0 Å². The number of aryl methyl sites for hydroxylation is 2. The van der Waals surface area contributed by atoms with Crippen molar-refractivity contribution >= 4 is 17.2 Å². The molecule has 2 N–H and O–H groups in total. The first-order valence-electron chi connectivity index (χ1n) is 6.63. The van der Waals surface area contributed by atoms with E-state index in [0.29, 0.717) is 6.54 Å². The van der Waals surface area contributed by atoms with Crippen LogP contribution in [0, 0.1) is 13.8 Å². The highest BCUT2D eigenvalue weighted by Gasteiger charge is 2.14. The number of rotatable bonds is 5. The molecule has 106 valence electrons. The molecule has 0 spiro atoms. The van der Waals surface area contributed by atoms with E-state index in [0.717, 1.165) is 20.9 Å². The Labute approximate surface area is 123 Å². The lowest BCUT2D eigenvalue weighted by Crippen LogP contribution is -2.29. The number of hydrogen-bond acceptors (Lipinski definition) is 3. The number of carbonyl (C=O) groups is 1. The van der Waals surface area contributed by atoms with E-state index < -0.39 is 0 Å². The molecule has 0 fully saturated rings. The van der Waals surface area contributed by atoms with Gasteiger partial charge in [-0.05, 0) is 31.0 Å². The molecule has 2 aromatic rings. The molecule has 3 nitrogen and oxygen atoms in total. The summed E-state index contributed by atoms with van der Waals surface area (Å²) in [6, 6.07) is 11.6. The maximum Gasteiger partial charge on any atom is 0.261 e. The van der Waals surface area contributed by atoms with E-state index in [9.17, 15) is 9.90 Å². The third kappa shape index (κ3) is 3.46. The number of aliphatic hydroxyl groups is 1. The molecular formula is C16H19NO2S. The molecule has 0 aliphatic rings. The van der Waals surface area contributed by atoms with Crippen molar-refractivity contribution in [2.75, 3.05) is 13.2 Å². The van der Waals surface area contributed by atoms with Gasteiger partial charge in [-0.25, -0.2) is 0 Å². The van der Waals surface area contributed by atoms with Crippen LogP contribution in [0.5, 0.6) is 0 Å². The first kappa shape index (κ1) is 14.8. The fourth-order valence-electron chi connectivity index (χ4n) is 2.00. The zero-order valence-corrected chi connectivity index (χ0v) is 12.5. The van der Waals surface area contributed by atoms with Crippen LogP contribution < -0.4 is 5.32 Å². The molecule has 0 aliphatic heterocycles. The zero-order chi connectivity index (χ0) is 14.5. The summed E-state index contributed by atoms with van der Waals surface area (Å²) in [7, 11) is 0. The van der Waals surface area contributed by atoms with Crippen molar-refractivity contribution in [3.63, 3.8) is 0 Å².